The second-order valence-corrected chi connectivity index (χ2v) is 4.15. The van der Waals surface area contributed by atoms with Crippen LogP contribution in [0.5, 0.6) is 0 Å². The Bertz CT molecular complexity index is 422. The monoisotopic (exact) mass is 234 g/mol. The highest BCUT2D eigenvalue weighted by Crippen LogP contribution is 2.20. The van der Waals surface area contributed by atoms with Gasteiger partial charge in [-0.05, 0) is 31.9 Å². The highest BCUT2D eigenvalue weighted by Gasteiger charge is 2.35. The van der Waals surface area contributed by atoms with Gasteiger partial charge in [-0.1, -0.05) is 0 Å². The summed E-state index contributed by atoms with van der Waals surface area (Å²) < 4.78 is 0. The van der Waals surface area contributed by atoms with Crippen LogP contribution in [0.2, 0.25) is 0 Å². The second-order valence-electron chi connectivity index (χ2n) is 4.15. The van der Waals surface area contributed by atoms with Gasteiger partial charge >= 0.3 is 0 Å². The summed E-state index contributed by atoms with van der Waals surface area (Å²) in [4.78, 5) is 28.9. The first kappa shape index (κ1) is 11.7. The van der Waals surface area contributed by atoms with Crippen LogP contribution < -0.4 is 0 Å². The Hall–Kier alpha value is -1.75. The Morgan fingerprint density at radius 1 is 1.41 bits per heavy atom. The van der Waals surface area contributed by atoms with E-state index in [2.05, 4.69) is 4.98 Å². The Morgan fingerprint density at radius 2 is 2.18 bits per heavy atom. The molecule has 0 aliphatic carbocycles. The smallest absolute Gasteiger partial charge is 0.280 e. The third-order valence-electron chi connectivity index (χ3n) is 2.73. The second kappa shape index (κ2) is 4.63. The Morgan fingerprint density at radius 3 is 2.82 bits per heavy atom. The van der Waals surface area contributed by atoms with E-state index in [0.717, 1.165) is 0 Å². The molecule has 1 atom stereocenters. The first-order chi connectivity index (χ1) is 8.11. The van der Waals surface area contributed by atoms with Crippen molar-refractivity contribution in [3.63, 3.8) is 0 Å². The zero-order valence-corrected chi connectivity index (χ0v) is 9.59. The number of carbonyl (C=O) groups excluding carboxylic acids is 2. The van der Waals surface area contributed by atoms with Crippen molar-refractivity contribution in [3.8, 4) is 0 Å². The summed E-state index contributed by atoms with van der Waals surface area (Å²) in [6, 6.07) is 3.25. The summed E-state index contributed by atoms with van der Waals surface area (Å²) in [6.45, 7) is 2.02. The molecule has 0 aromatic carbocycles. The number of nitrogens with zero attached hydrogens (tertiary/aromatic N) is 2. The van der Waals surface area contributed by atoms with Gasteiger partial charge in [-0.2, -0.15) is 0 Å². The van der Waals surface area contributed by atoms with Crippen molar-refractivity contribution in [2.24, 2.45) is 0 Å². The number of carbonyl (C=O) groups is 2. The van der Waals surface area contributed by atoms with Crippen LogP contribution in [-0.4, -0.2) is 39.5 Å². The molecule has 2 heterocycles. The van der Waals surface area contributed by atoms with Gasteiger partial charge in [0.1, 0.15) is 5.69 Å². The predicted molar refractivity (Wildman–Crippen MR) is 60.5 cm³/mol. The van der Waals surface area contributed by atoms with Gasteiger partial charge in [-0.15, -0.1) is 0 Å². The Balaban J connectivity index is 2.08. The predicted octanol–water partition coefficient (Wildman–Crippen LogP) is 0.839. The quantitative estimate of drug-likeness (QED) is 0.784. The van der Waals surface area contributed by atoms with Crippen molar-refractivity contribution < 1.29 is 14.7 Å². The fraction of sp³-hybridized carbons (Fsp3) is 0.417. The molecule has 17 heavy (non-hydrogen) atoms. The lowest BCUT2D eigenvalue weighted by atomic mass is 10.2. The molecule has 1 unspecified atom stereocenters. The number of hydrogen-bond donors (Lipinski definition) is 1. The van der Waals surface area contributed by atoms with Crippen LogP contribution in [0.1, 0.15) is 40.6 Å². The number of aliphatic hydroxyl groups is 1. The summed E-state index contributed by atoms with van der Waals surface area (Å²) in [5.74, 6) is -0.625. The topological polar surface area (TPSA) is 70.5 Å². The molecule has 0 spiro atoms. The van der Waals surface area contributed by atoms with Gasteiger partial charge in [0.05, 0.1) is 11.7 Å². The first-order valence-corrected chi connectivity index (χ1v) is 5.60. The standard InChI is InChI=1S/C12H14N2O3/c1-8(15)4-3-7-14-11(16)9-5-2-6-13-10(9)12(14)17/h2,5-6,8,15H,3-4,7H2,1H3. The highest BCUT2D eigenvalue weighted by atomic mass is 16.3. The van der Waals surface area contributed by atoms with E-state index < -0.39 is 6.10 Å². The van der Waals surface area contributed by atoms with Gasteiger partial charge in [0.2, 0.25) is 0 Å². The molecule has 2 amide bonds. The van der Waals surface area contributed by atoms with Crippen LogP contribution in [0, 0.1) is 0 Å². The van der Waals surface area contributed by atoms with Crippen molar-refractivity contribution in [1.82, 2.24) is 9.88 Å². The molecule has 1 aliphatic rings. The van der Waals surface area contributed by atoms with Crippen molar-refractivity contribution in [1.29, 1.82) is 0 Å². The van der Waals surface area contributed by atoms with E-state index in [1.807, 2.05) is 0 Å². The summed E-state index contributed by atoms with van der Waals surface area (Å²) in [7, 11) is 0. The van der Waals surface area contributed by atoms with Crippen LogP contribution in [-0.2, 0) is 0 Å². The molecule has 1 aromatic rings. The van der Waals surface area contributed by atoms with Gasteiger partial charge in [-0.25, -0.2) is 0 Å². The maximum atomic E-state index is 11.9. The molecule has 5 heteroatoms. The molecule has 0 saturated carbocycles. The number of imide groups is 1. The van der Waals surface area contributed by atoms with Crippen molar-refractivity contribution in [3.05, 3.63) is 29.6 Å². The lowest BCUT2D eigenvalue weighted by Crippen LogP contribution is -2.31. The van der Waals surface area contributed by atoms with Crippen LogP contribution >= 0.6 is 0 Å². The number of aliphatic hydroxyl groups excluding tert-OH is 1. The van der Waals surface area contributed by atoms with Gasteiger partial charge in [-0.3, -0.25) is 19.5 Å². The SMILES string of the molecule is CC(O)CCCN1C(=O)c2cccnc2C1=O. The molecule has 0 saturated heterocycles. The van der Waals surface area contributed by atoms with Crippen LogP contribution in [0.25, 0.3) is 0 Å². The zero-order valence-electron chi connectivity index (χ0n) is 9.59. The van der Waals surface area contributed by atoms with E-state index in [-0.39, 0.29) is 17.5 Å². The van der Waals surface area contributed by atoms with Crippen molar-refractivity contribution in [2.45, 2.75) is 25.9 Å². The maximum absolute atomic E-state index is 11.9. The normalized spacial score (nSPS) is 16.2. The average Bonchev–Trinajstić information content (AvgIpc) is 2.54. The fourth-order valence-electron chi connectivity index (χ4n) is 1.86. The third-order valence-corrected chi connectivity index (χ3v) is 2.73. The molecule has 0 bridgehead atoms. The minimum absolute atomic E-state index is 0.231. The van der Waals surface area contributed by atoms with Crippen LogP contribution in [0.4, 0.5) is 0 Å². The first-order valence-electron chi connectivity index (χ1n) is 5.60. The highest BCUT2D eigenvalue weighted by molar-refractivity contribution is 6.20. The minimum atomic E-state index is -0.414. The number of rotatable bonds is 4. The van der Waals surface area contributed by atoms with Crippen molar-refractivity contribution >= 4 is 11.8 Å². The number of hydrogen-bond acceptors (Lipinski definition) is 4. The van der Waals surface area contributed by atoms with Gasteiger partial charge in [0.15, 0.2) is 0 Å². The Labute approximate surface area is 99.1 Å². The lowest BCUT2D eigenvalue weighted by molar-refractivity contribution is 0.0641. The van der Waals surface area contributed by atoms with Crippen molar-refractivity contribution in [2.75, 3.05) is 6.54 Å². The Kier molecular flexibility index (Phi) is 3.19. The number of pyridine rings is 1. The fourth-order valence-corrected chi connectivity index (χ4v) is 1.86. The molecule has 1 N–H and O–H groups in total. The molecular weight excluding hydrogens is 220 g/mol. The number of amides is 2. The molecular formula is C12H14N2O3. The number of aromatic nitrogens is 1. The van der Waals surface area contributed by atoms with Crippen LogP contribution in [0.3, 0.4) is 0 Å². The van der Waals surface area contributed by atoms with Gasteiger partial charge in [0.25, 0.3) is 11.8 Å². The van der Waals surface area contributed by atoms with E-state index in [4.69, 9.17) is 5.11 Å². The molecule has 1 aromatic heterocycles. The largest absolute Gasteiger partial charge is 0.393 e. The molecule has 90 valence electrons. The van der Waals surface area contributed by atoms with E-state index in [1.54, 1.807) is 19.1 Å². The third kappa shape index (κ3) is 2.19. The summed E-state index contributed by atoms with van der Waals surface area (Å²) in [5.41, 5.74) is 0.601. The van der Waals surface area contributed by atoms with E-state index >= 15 is 0 Å². The van der Waals surface area contributed by atoms with E-state index in [9.17, 15) is 9.59 Å². The van der Waals surface area contributed by atoms with Gasteiger partial charge in [0, 0.05) is 12.7 Å². The molecule has 0 fully saturated rings. The average molecular weight is 234 g/mol. The maximum Gasteiger partial charge on any atom is 0.280 e. The minimum Gasteiger partial charge on any atom is -0.393 e. The van der Waals surface area contributed by atoms with E-state index in [1.165, 1.54) is 11.1 Å². The molecule has 2 rings (SSSR count). The molecule has 1 aliphatic heterocycles. The molecule has 0 radical (unpaired) electrons. The van der Waals surface area contributed by atoms with E-state index in [0.29, 0.717) is 24.9 Å². The summed E-state index contributed by atoms with van der Waals surface area (Å²) in [6.07, 6.45) is 2.26. The summed E-state index contributed by atoms with van der Waals surface area (Å²) >= 11 is 0. The van der Waals surface area contributed by atoms with Crippen LogP contribution in [0.15, 0.2) is 18.3 Å². The van der Waals surface area contributed by atoms with Gasteiger partial charge < -0.3 is 5.11 Å². The number of fused-ring (bicyclic) bond motifs is 1. The lowest BCUT2D eigenvalue weighted by Gasteiger charge is -2.13. The molecule has 5 nitrogen and oxygen atoms in total. The summed E-state index contributed by atoms with van der Waals surface area (Å²) in [5, 5.41) is 9.13. The zero-order chi connectivity index (χ0) is 12.4.